The molecule has 6 atom stereocenters. The van der Waals surface area contributed by atoms with E-state index in [1.807, 2.05) is 30.3 Å². The highest BCUT2D eigenvalue weighted by molar-refractivity contribution is 6.07. The minimum atomic E-state index is -0.327. The molecule has 3 amide bonds. The number of hydrogen-bond acceptors (Lipinski definition) is 3. The number of rotatable bonds is 3. The van der Waals surface area contributed by atoms with Crippen molar-refractivity contribution in [1.82, 2.24) is 10.4 Å². The number of benzene rings is 1. The van der Waals surface area contributed by atoms with Crippen LogP contribution in [0.25, 0.3) is 0 Å². The number of hydrazine groups is 1. The molecule has 6 rings (SSSR count). The van der Waals surface area contributed by atoms with E-state index in [4.69, 9.17) is 0 Å². The van der Waals surface area contributed by atoms with Crippen molar-refractivity contribution in [2.75, 3.05) is 0 Å². The maximum atomic E-state index is 12.7. The first-order chi connectivity index (χ1) is 11.6. The molecule has 2 saturated carbocycles. The predicted molar refractivity (Wildman–Crippen MR) is 84.8 cm³/mol. The fraction of sp³-hybridized carbons (Fsp3) is 0.421. The van der Waals surface area contributed by atoms with Crippen molar-refractivity contribution in [2.45, 2.75) is 12.8 Å². The summed E-state index contributed by atoms with van der Waals surface area (Å²) in [6.45, 7) is 0. The summed E-state index contributed by atoms with van der Waals surface area (Å²) in [5, 5.41) is 0.998. The Bertz CT molecular complexity index is 736. The Morgan fingerprint density at radius 3 is 2.17 bits per heavy atom. The van der Waals surface area contributed by atoms with Crippen LogP contribution in [0.2, 0.25) is 0 Å². The Morgan fingerprint density at radius 1 is 1.00 bits per heavy atom. The second-order valence-corrected chi connectivity index (χ2v) is 7.36. The number of imide groups is 1. The van der Waals surface area contributed by atoms with Crippen LogP contribution in [0.3, 0.4) is 0 Å². The molecule has 0 radical (unpaired) electrons. The van der Waals surface area contributed by atoms with Crippen LogP contribution in [0.4, 0.5) is 0 Å². The van der Waals surface area contributed by atoms with Crippen LogP contribution in [0.1, 0.15) is 12.0 Å². The Balaban J connectivity index is 1.34. The molecule has 2 bridgehead atoms. The van der Waals surface area contributed by atoms with Crippen molar-refractivity contribution >= 4 is 17.7 Å². The minimum Gasteiger partial charge on any atom is -0.273 e. The lowest BCUT2D eigenvalue weighted by molar-refractivity contribution is -0.149. The molecule has 5 nitrogen and oxygen atoms in total. The normalized spacial score (nSPS) is 38.1. The van der Waals surface area contributed by atoms with Crippen LogP contribution in [0, 0.1) is 35.5 Å². The summed E-state index contributed by atoms with van der Waals surface area (Å²) in [5.41, 5.74) is 3.41. The van der Waals surface area contributed by atoms with Crippen LogP contribution in [-0.4, -0.2) is 22.7 Å². The SMILES string of the molecule is O=C(Cc1ccccc1)NN1C(=O)[C@@H]2[C@H]3C=C[C@H]([C@H]4C[C@@H]34)[C@@H]2C1=O. The van der Waals surface area contributed by atoms with E-state index in [2.05, 4.69) is 17.6 Å². The number of nitrogens with zero attached hydrogens (tertiary/aromatic N) is 1. The third-order valence-corrected chi connectivity index (χ3v) is 6.11. The van der Waals surface area contributed by atoms with Gasteiger partial charge >= 0.3 is 0 Å². The zero-order valence-electron chi connectivity index (χ0n) is 13.1. The molecule has 1 aromatic carbocycles. The first kappa shape index (κ1) is 14.0. The fourth-order valence-electron chi connectivity index (χ4n) is 5.01. The summed E-state index contributed by atoms with van der Waals surface area (Å²) in [4.78, 5) is 37.7. The van der Waals surface area contributed by atoms with Crippen molar-refractivity contribution in [2.24, 2.45) is 35.5 Å². The van der Waals surface area contributed by atoms with E-state index in [0.29, 0.717) is 11.8 Å². The van der Waals surface area contributed by atoms with Crippen LogP contribution >= 0.6 is 0 Å². The first-order valence-corrected chi connectivity index (χ1v) is 8.54. The molecule has 122 valence electrons. The number of allylic oxidation sites excluding steroid dienone is 2. The summed E-state index contributed by atoms with van der Waals surface area (Å²) in [5.74, 6) is 0.173. The van der Waals surface area contributed by atoms with Gasteiger partial charge in [-0.1, -0.05) is 42.5 Å². The van der Waals surface area contributed by atoms with Gasteiger partial charge in [-0.15, -0.1) is 0 Å². The van der Waals surface area contributed by atoms with Gasteiger partial charge in [0, 0.05) is 0 Å². The molecule has 3 fully saturated rings. The summed E-state index contributed by atoms with van der Waals surface area (Å²) in [6, 6.07) is 9.31. The summed E-state index contributed by atoms with van der Waals surface area (Å²) >= 11 is 0. The molecule has 4 aliphatic carbocycles. The highest BCUT2D eigenvalue weighted by Crippen LogP contribution is 2.65. The van der Waals surface area contributed by atoms with Gasteiger partial charge < -0.3 is 0 Å². The lowest BCUT2D eigenvalue weighted by Crippen LogP contribution is -2.47. The summed E-state index contributed by atoms with van der Waals surface area (Å²) < 4.78 is 0. The van der Waals surface area contributed by atoms with Crippen molar-refractivity contribution in [3.05, 3.63) is 48.0 Å². The van der Waals surface area contributed by atoms with Crippen molar-refractivity contribution in [3.63, 3.8) is 0 Å². The molecule has 5 aliphatic rings. The smallest absolute Gasteiger partial charge is 0.252 e. The van der Waals surface area contributed by atoms with Gasteiger partial charge in [-0.25, -0.2) is 0 Å². The lowest BCUT2D eigenvalue weighted by atomic mass is 9.63. The number of nitrogens with one attached hydrogen (secondary N) is 1. The van der Waals surface area contributed by atoms with Gasteiger partial charge in [-0.2, -0.15) is 5.01 Å². The average molecular weight is 322 g/mol. The highest BCUT2D eigenvalue weighted by atomic mass is 16.2. The molecule has 1 heterocycles. The van der Waals surface area contributed by atoms with Crippen LogP contribution in [0.15, 0.2) is 42.5 Å². The maximum absolute atomic E-state index is 12.7. The van der Waals surface area contributed by atoms with Crippen molar-refractivity contribution < 1.29 is 14.4 Å². The van der Waals surface area contributed by atoms with E-state index in [-0.39, 0.29) is 47.8 Å². The minimum absolute atomic E-state index is 0.156. The predicted octanol–water partition coefficient (Wildman–Crippen LogP) is 1.31. The van der Waals surface area contributed by atoms with E-state index in [0.717, 1.165) is 17.0 Å². The maximum Gasteiger partial charge on any atom is 0.252 e. The standard InChI is InChI=1S/C19H18N2O3/c22-15(8-10-4-2-1-3-5-10)20-21-18(23)16-11-6-7-12(14-9-13(11)14)17(16)19(21)24/h1-7,11-14,16-17H,8-9H2,(H,20,22)/t11-,12+,13-,14+,16+,17-. The van der Waals surface area contributed by atoms with Gasteiger partial charge in [-0.3, -0.25) is 19.8 Å². The molecule has 1 saturated heterocycles. The van der Waals surface area contributed by atoms with E-state index in [1.165, 1.54) is 0 Å². The largest absolute Gasteiger partial charge is 0.273 e. The lowest BCUT2D eigenvalue weighted by Gasteiger charge is -2.37. The van der Waals surface area contributed by atoms with Gasteiger partial charge in [0.1, 0.15) is 0 Å². The second kappa shape index (κ2) is 4.79. The Kier molecular flexibility index (Phi) is 2.78. The molecule has 0 unspecified atom stereocenters. The monoisotopic (exact) mass is 322 g/mol. The molecule has 0 spiro atoms. The first-order valence-electron chi connectivity index (χ1n) is 8.54. The van der Waals surface area contributed by atoms with Gasteiger partial charge in [-0.05, 0) is 35.7 Å². The van der Waals surface area contributed by atoms with Crippen LogP contribution < -0.4 is 5.43 Å². The highest BCUT2D eigenvalue weighted by Gasteiger charge is 2.67. The van der Waals surface area contributed by atoms with E-state index in [1.54, 1.807) is 0 Å². The Labute approximate surface area is 139 Å². The average Bonchev–Trinajstić information content (AvgIpc) is 3.37. The number of amides is 3. The van der Waals surface area contributed by atoms with Crippen molar-refractivity contribution in [3.8, 4) is 0 Å². The van der Waals surface area contributed by atoms with Gasteiger partial charge in [0.2, 0.25) is 5.91 Å². The van der Waals surface area contributed by atoms with Crippen LogP contribution in [0.5, 0.6) is 0 Å². The third kappa shape index (κ3) is 1.84. The topological polar surface area (TPSA) is 66.5 Å². The summed E-state index contributed by atoms with van der Waals surface area (Å²) in [6.07, 6.45) is 5.54. The number of hydrogen-bond donors (Lipinski definition) is 1. The van der Waals surface area contributed by atoms with E-state index in [9.17, 15) is 14.4 Å². The number of carbonyl (C=O) groups excluding carboxylic acids is 3. The molecular weight excluding hydrogens is 304 g/mol. The molecule has 24 heavy (non-hydrogen) atoms. The van der Waals surface area contributed by atoms with Gasteiger partial charge in [0.15, 0.2) is 0 Å². The van der Waals surface area contributed by atoms with E-state index >= 15 is 0 Å². The van der Waals surface area contributed by atoms with Crippen LogP contribution in [-0.2, 0) is 20.8 Å². The molecule has 1 aliphatic heterocycles. The van der Waals surface area contributed by atoms with Crippen molar-refractivity contribution in [1.29, 1.82) is 0 Å². The molecule has 0 aromatic heterocycles. The molecule has 1 aromatic rings. The summed E-state index contributed by atoms with van der Waals surface area (Å²) in [7, 11) is 0. The zero-order chi connectivity index (χ0) is 16.4. The third-order valence-electron chi connectivity index (χ3n) is 6.11. The zero-order valence-corrected chi connectivity index (χ0v) is 13.1. The Hall–Kier alpha value is -2.43. The fourth-order valence-corrected chi connectivity index (χ4v) is 5.01. The molecule has 5 heteroatoms. The van der Waals surface area contributed by atoms with E-state index < -0.39 is 0 Å². The number of carbonyl (C=O) groups is 3. The Morgan fingerprint density at radius 2 is 1.58 bits per heavy atom. The quantitative estimate of drug-likeness (QED) is 0.674. The molecular formula is C19H18N2O3. The van der Waals surface area contributed by atoms with Gasteiger partial charge in [0.05, 0.1) is 18.3 Å². The van der Waals surface area contributed by atoms with Gasteiger partial charge in [0.25, 0.3) is 11.8 Å². The molecule has 1 N–H and O–H groups in total. The second-order valence-electron chi connectivity index (χ2n) is 7.36.